The normalized spacial score (nSPS) is 21.5. The highest BCUT2D eigenvalue weighted by atomic mass is 19.1. The van der Waals surface area contributed by atoms with E-state index in [9.17, 15) is 13.6 Å². The molecule has 1 saturated carbocycles. The largest absolute Gasteiger partial charge is 0.381 e. The Balaban J connectivity index is 1.50. The highest BCUT2D eigenvalue weighted by molar-refractivity contribution is 5.78. The number of imidazole rings is 1. The lowest BCUT2D eigenvalue weighted by Crippen LogP contribution is -2.29. The molecule has 34 heavy (non-hydrogen) atoms. The van der Waals surface area contributed by atoms with Crippen molar-refractivity contribution in [1.29, 1.82) is 0 Å². The number of rotatable bonds is 6. The van der Waals surface area contributed by atoms with Crippen LogP contribution in [0.2, 0.25) is 0 Å². The average molecular weight is 472 g/mol. The smallest absolute Gasteiger partial charge is 0.224 e. The number of nitrogens with two attached hydrogens (primary N) is 1. The number of primary amides is 1. The SMILES string of the molecule is NC(=O)[C@H]1CC[C@H](n2c(Nc3ccc(F)cc3F)nc3cnc(NC4CCOCC4)nc32)CC1. The van der Waals surface area contributed by atoms with Crippen LogP contribution in [0.1, 0.15) is 44.6 Å². The number of amides is 1. The summed E-state index contributed by atoms with van der Waals surface area (Å²) in [6, 6.07) is 3.55. The lowest BCUT2D eigenvalue weighted by atomic mass is 9.85. The maximum atomic E-state index is 14.4. The molecular weight excluding hydrogens is 444 g/mol. The second-order valence-electron chi connectivity index (χ2n) is 8.90. The van der Waals surface area contributed by atoms with Crippen LogP contribution in [-0.2, 0) is 9.53 Å². The standard InChI is InChI=1S/C23H27F2N7O2/c24-14-3-6-18(17(25)11-14)29-23-30-19-12-27-22(28-15-7-9-34-10-8-15)31-21(19)32(23)16-4-1-13(2-5-16)20(26)33/h3,6,11-13,15-16H,1-2,4-5,7-10H2,(H2,26,33)(H,29,30)(H,27,28,31)/t13-,16-. The monoisotopic (exact) mass is 471 g/mol. The molecule has 1 aromatic carbocycles. The Bertz CT molecular complexity index is 1190. The molecule has 0 spiro atoms. The summed E-state index contributed by atoms with van der Waals surface area (Å²) in [6.07, 6.45) is 6.09. The van der Waals surface area contributed by atoms with Gasteiger partial charge >= 0.3 is 0 Å². The topological polar surface area (TPSA) is 120 Å². The number of benzene rings is 1. The van der Waals surface area contributed by atoms with E-state index in [4.69, 9.17) is 15.5 Å². The molecule has 4 N–H and O–H groups in total. The number of nitrogens with zero attached hydrogens (tertiary/aromatic N) is 4. The van der Waals surface area contributed by atoms with Gasteiger partial charge in [-0.2, -0.15) is 4.98 Å². The Hall–Kier alpha value is -3.34. The summed E-state index contributed by atoms with van der Waals surface area (Å²) < 4.78 is 35.1. The molecule has 2 fully saturated rings. The number of aromatic nitrogens is 4. The number of halogens is 2. The van der Waals surface area contributed by atoms with Gasteiger partial charge in [-0.3, -0.25) is 9.36 Å². The molecule has 3 aromatic rings. The minimum atomic E-state index is -0.719. The van der Waals surface area contributed by atoms with Crippen molar-refractivity contribution >= 4 is 34.7 Å². The van der Waals surface area contributed by atoms with Gasteiger partial charge in [0.2, 0.25) is 17.8 Å². The van der Waals surface area contributed by atoms with Crippen molar-refractivity contribution in [2.75, 3.05) is 23.8 Å². The molecule has 0 unspecified atom stereocenters. The maximum Gasteiger partial charge on any atom is 0.224 e. The number of hydrogen-bond acceptors (Lipinski definition) is 7. The average Bonchev–Trinajstić information content (AvgIpc) is 3.19. The third-order valence-corrected chi connectivity index (χ3v) is 6.63. The van der Waals surface area contributed by atoms with E-state index in [1.54, 1.807) is 6.20 Å². The molecule has 1 aliphatic carbocycles. The summed E-state index contributed by atoms with van der Waals surface area (Å²) in [4.78, 5) is 25.4. The number of carbonyl (C=O) groups excluding carboxylic acids is 1. The number of anilines is 3. The molecule has 1 amide bonds. The van der Waals surface area contributed by atoms with Crippen LogP contribution in [0.25, 0.3) is 11.2 Å². The molecule has 2 aromatic heterocycles. The Morgan fingerprint density at radius 3 is 2.56 bits per heavy atom. The highest BCUT2D eigenvalue weighted by Gasteiger charge is 2.29. The van der Waals surface area contributed by atoms with E-state index in [0.717, 1.165) is 18.9 Å². The van der Waals surface area contributed by atoms with Crippen LogP contribution in [0.4, 0.5) is 26.4 Å². The zero-order valence-electron chi connectivity index (χ0n) is 18.6. The summed E-state index contributed by atoms with van der Waals surface area (Å²) in [6.45, 7) is 1.39. The van der Waals surface area contributed by atoms with Crippen LogP contribution in [0, 0.1) is 17.6 Å². The van der Waals surface area contributed by atoms with Gasteiger partial charge in [0, 0.05) is 37.3 Å². The molecule has 0 atom stereocenters. The van der Waals surface area contributed by atoms with Crippen molar-refractivity contribution in [1.82, 2.24) is 19.5 Å². The van der Waals surface area contributed by atoms with Gasteiger partial charge in [-0.25, -0.2) is 18.7 Å². The van der Waals surface area contributed by atoms with E-state index in [1.165, 1.54) is 12.1 Å². The van der Waals surface area contributed by atoms with Gasteiger partial charge in [-0.05, 0) is 50.7 Å². The quantitative estimate of drug-likeness (QED) is 0.502. The molecule has 9 nitrogen and oxygen atoms in total. The van der Waals surface area contributed by atoms with Crippen molar-refractivity contribution in [3.63, 3.8) is 0 Å². The maximum absolute atomic E-state index is 14.4. The molecule has 11 heteroatoms. The van der Waals surface area contributed by atoms with Crippen molar-refractivity contribution in [3.05, 3.63) is 36.0 Å². The van der Waals surface area contributed by atoms with Gasteiger partial charge in [0.05, 0.1) is 11.9 Å². The summed E-state index contributed by atoms with van der Waals surface area (Å²) in [5.41, 5.74) is 6.78. The van der Waals surface area contributed by atoms with E-state index < -0.39 is 11.6 Å². The summed E-state index contributed by atoms with van der Waals surface area (Å²) >= 11 is 0. The van der Waals surface area contributed by atoms with Crippen LogP contribution < -0.4 is 16.4 Å². The van der Waals surface area contributed by atoms with Crippen LogP contribution in [0.3, 0.4) is 0 Å². The van der Waals surface area contributed by atoms with E-state index in [0.29, 0.717) is 62.0 Å². The van der Waals surface area contributed by atoms with Crippen molar-refractivity contribution in [2.45, 2.75) is 50.6 Å². The van der Waals surface area contributed by atoms with Crippen molar-refractivity contribution < 1.29 is 18.3 Å². The zero-order valence-corrected chi connectivity index (χ0v) is 18.6. The van der Waals surface area contributed by atoms with E-state index >= 15 is 0 Å². The number of ether oxygens (including phenoxy) is 1. The molecule has 1 aliphatic heterocycles. The Labute approximate surface area is 195 Å². The van der Waals surface area contributed by atoms with Crippen LogP contribution in [-0.4, -0.2) is 44.7 Å². The fraction of sp³-hybridized carbons (Fsp3) is 0.478. The predicted molar refractivity (Wildman–Crippen MR) is 123 cm³/mol. The first-order chi connectivity index (χ1) is 16.5. The molecule has 3 heterocycles. The summed E-state index contributed by atoms with van der Waals surface area (Å²) in [5.74, 6) is -0.935. The van der Waals surface area contributed by atoms with Gasteiger partial charge in [-0.15, -0.1) is 0 Å². The van der Waals surface area contributed by atoms with Crippen molar-refractivity contribution in [2.24, 2.45) is 11.7 Å². The first kappa shape index (κ1) is 22.5. The lowest BCUT2D eigenvalue weighted by Gasteiger charge is -2.29. The Morgan fingerprint density at radius 2 is 1.85 bits per heavy atom. The Kier molecular flexibility index (Phi) is 6.27. The first-order valence-electron chi connectivity index (χ1n) is 11.6. The third kappa shape index (κ3) is 4.65. The zero-order chi connectivity index (χ0) is 23.7. The second-order valence-corrected chi connectivity index (χ2v) is 8.90. The van der Waals surface area contributed by atoms with Gasteiger partial charge in [0.25, 0.3) is 0 Å². The number of fused-ring (bicyclic) bond motifs is 1. The predicted octanol–water partition coefficient (Wildman–Crippen LogP) is 3.66. The number of nitrogens with one attached hydrogen (secondary N) is 2. The van der Waals surface area contributed by atoms with Crippen LogP contribution in [0.5, 0.6) is 0 Å². The fourth-order valence-corrected chi connectivity index (χ4v) is 4.75. The Morgan fingerprint density at radius 1 is 1.09 bits per heavy atom. The minimum Gasteiger partial charge on any atom is -0.381 e. The first-order valence-corrected chi connectivity index (χ1v) is 11.6. The molecular formula is C23H27F2N7O2. The molecule has 180 valence electrons. The minimum absolute atomic E-state index is 0.0163. The lowest BCUT2D eigenvalue weighted by molar-refractivity contribution is -0.122. The summed E-state index contributed by atoms with van der Waals surface area (Å²) in [5, 5.41) is 6.38. The van der Waals surface area contributed by atoms with Crippen LogP contribution in [0.15, 0.2) is 24.4 Å². The summed E-state index contributed by atoms with van der Waals surface area (Å²) in [7, 11) is 0. The van der Waals surface area contributed by atoms with Crippen LogP contribution >= 0.6 is 0 Å². The van der Waals surface area contributed by atoms with Crippen molar-refractivity contribution in [3.8, 4) is 0 Å². The van der Waals surface area contributed by atoms with Gasteiger partial charge < -0.3 is 21.1 Å². The third-order valence-electron chi connectivity index (χ3n) is 6.63. The van der Waals surface area contributed by atoms with Gasteiger partial charge in [-0.1, -0.05) is 0 Å². The van der Waals surface area contributed by atoms with E-state index in [1.807, 2.05) is 4.57 Å². The fourth-order valence-electron chi connectivity index (χ4n) is 4.75. The number of hydrogen-bond donors (Lipinski definition) is 3. The second kappa shape index (κ2) is 9.49. The number of carbonyl (C=O) groups is 1. The molecule has 5 rings (SSSR count). The molecule has 2 aliphatic rings. The van der Waals surface area contributed by atoms with Gasteiger partial charge in [0.15, 0.2) is 5.65 Å². The molecule has 0 radical (unpaired) electrons. The van der Waals surface area contributed by atoms with E-state index in [-0.39, 0.29) is 29.6 Å². The van der Waals surface area contributed by atoms with E-state index in [2.05, 4.69) is 20.6 Å². The molecule has 1 saturated heterocycles. The molecule has 0 bridgehead atoms. The van der Waals surface area contributed by atoms with Gasteiger partial charge in [0.1, 0.15) is 17.2 Å². The highest BCUT2D eigenvalue weighted by Crippen LogP contribution is 2.37.